The number of hydrogen-bond acceptors (Lipinski definition) is 4. The highest BCUT2D eigenvalue weighted by Crippen LogP contribution is 2.40. The van der Waals surface area contributed by atoms with Crippen LogP contribution in [-0.4, -0.2) is 19.5 Å². The first-order chi connectivity index (χ1) is 27.7. The Bertz CT molecular complexity index is 3120. The summed E-state index contributed by atoms with van der Waals surface area (Å²) in [7, 11) is 0. The van der Waals surface area contributed by atoms with Gasteiger partial charge in [-0.25, -0.2) is 15.0 Å². The van der Waals surface area contributed by atoms with Gasteiger partial charge >= 0.3 is 0 Å². The molecule has 2 aliphatic rings. The number of rotatable bonds is 6. The number of fused-ring (bicyclic) bond motifs is 6. The molecule has 0 fully saturated rings. The van der Waals surface area contributed by atoms with Gasteiger partial charge in [0.25, 0.3) is 0 Å². The van der Waals surface area contributed by atoms with Gasteiger partial charge < -0.3 is 8.98 Å². The van der Waals surface area contributed by atoms with Crippen molar-refractivity contribution in [3.05, 3.63) is 182 Å². The van der Waals surface area contributed by atoms with Gasteiger partial charge in [-0.1, -0.05) is 127 Å². The van der Waals surface area contributed by atoms with Crippen LogP contribution in [0.5, 0.6) is 0 Å². The molecule has 0 N–H and O–H groups in total. The number of aromatic nitrogens is 4. The summed E-state index contributed by atoms with van der Waals surface area (Å²) in [6, 6.07) is 47.4. The first-order valence-electron chi connectivity index (χ1n) is 19.4. The van der Waals surface area contributed by atoms with Crippen molar-refractivity contribution in [3.63, 3.8) is 0 Å². The van der Waals surface area contributed by atoms with E-state index in [-0.39, 0.29) is 5.92 Å². The molecule has 5 nitrogen and oxygen atoms in total. The van der Waals surface area contributed by atoms with Crippen LogP contribution < -0.4 is 0 Å². The van der Waals surface area contributed by atoms with Crippen LogP contribution in [0.2, 0.25) is 0 Å². The van der Waals surface area contributed by atoms with Gasteiger partial charge in [0.2, 0.25) is 0 Å². The van der Waals surface area contributed by atoms with E-state index in [0.717, 1.165) is 69.3 Å². The van der Waals surface area contributed by atoms with Crippen LogP contribution >= 0.6 is 0 Å². The molecule has 0 spiro atoms. The molecule has 0 radical (unpaired) electrons. The first-order valence-corrected chi connectivity index (χ1v) is 19.4. The van der Waals surface area contributed by atoms with Gasteiger partial charge in [0.15, 0.2) is 11.6 Å². The first kappa shape index (κ1) is 32.3. The van der Waals surface area contributed by atoms with E-state index < -0.39 is 0 Å². The summed E-state index contributed by atoms with van der Waals surface area (Å²) in [4.78, 5) is 15.2. The predicted octanol–water partition coefficient (Wildman–Crippen LogP) is 13.3. The van der Waals surface area contributed by atoms with Crippen LogP contribution in [0, 0.1) is 0 Å². The maximum atomic E-state index is 6.48. The van der Waals surface area contributed by atoms with E-state index >= 15 is 0 Å². The fourth-order valence-corrected chi connectivity index (χ4v) is 8.48. The van der Waals surface area contributed by atoms with Crippen LogP contribution in [-0.2, 0) is 0 Å². The van der Waals surface area contributed by atoms with Crippen LogP contribution in [0.4, 0.5) is 0 Å². The van der Waals surface area contributed by atoms with E-state index in [0.29, 0.717) is 11.6 Å². The fraction of sp³-hybridized carbons (Fsp3) is 0.0784. The lowest BCUT2D eigenvalue weighted by Gasteiger charge is -2.14. The lowest BCUT2D eigenvalue weighted by molar-refractivity contribution is 0.669. The van der Waals surface area contributed by atoms with Crippen molar-refractivity contribution >= 4 is 49.4 Å². The molecular formula is C51H36N4O. The Morgan fingerprint density at radius 3 is 2.12 bits per heavy atom. The minimum atomic E-state index is 0.0782. The van der Waals surface area contributed by atoms with Gasteiger partial charge in [-0.15, -0.1) is 0 Å². The molecule has 6 aromatic carbocycles. The molecule has 1 unspecified atom stereocenters. The van der Waals surface area contributed by atoms with Crippen molar-refractivity contribution in [3.8, 4) is 45.0 Å². The summed E-state index contributed by atoms with van der Waals surface area (Å²) >= 11 is 0. The van der Waals surface area contributed by atoms with Gasteiger partial charge in [-0.05, 0) is 90.1 Å². The summed E-state index contributed by atoms with van der Waals surface area (Å²) in [6.07, 6.45) is 18.1. The molecule has 3 aromatic heterocycles. The molecule has 0 saturated carbocycles. The lowest BCUT2D eigenvalue weighted by atomic mass is 9.96. The average molecular weight is 721 g/mol. The van der Waals surface area contributed by atoms with Crippen molar-refractivity contribution in [2.24, 2.45) is 0 Å². The highest BCUT2D eigenvalue weighted by molar-refractivity contribution is 6.13. The topological polar surface area (TPSA) is 56.7 Å². The molecule has 0 saturated heterocycles. The van der Waals surface area contributed by atoms with E-state index in [1.54, 1.807) is 0 Å². The van der Waals surface area contributed by atoms with E-state index in [1.165, 1.54) is 38.6 Å². The van der Waals surface area contributed by atoms with Crippen molar-refractivity contribution < 1.29 is 4.42 Å². The third-order valence-electron chi connectivity index (χ3n) is 11.2. The van der Waals surface area contributed by atoms with Gasteiger partial charge in [0.05, 0.1) is 11.0 Å². The Balaban J connectivity index is 1.02. The molecule has 0 aliphatic heterocycles. The number of hydrogen-bond donors (Lipinski definition) is 0. The molecule has 3 heterocycles. The Kier molecular flexibility index (Phi) is 7.69. The Hall–Kier alpha value is -7.11. The molecule has 1 atom stereocenters. The molecule has 5 heteroatoms. The van der Waals surface area contributed by atoms with Crippen LogP contribution in [0.1, 0.15) is 31.0 Å². The number of allylic oxidation sites excluding steroid dienone is 8. The summed E-state index contributed by atoms with van der Waals surface area (Å²) < 4.78 is 8.92. The standard InChI is InChI=1S/C51H36N4O/c1-4-14-33(15-5-1)49-52-50(34-16-6-2-7-17-34)54-51(53-49)41-23-13-25-47-48(41)43-32-38(27-29-46(43)56-47)36-19-12-18-35(30-36)37-26-28-45-42(31-37)40-22-10-11-24-44(40)55(45)39-20-8-3-9-21-39/h1-8,10-16,18-20,22-32,34H,9,17,21H2. The third-order valence-corrected chi connectivity index (χ3v) is 11.2. The van der Waals surface area contributed by atoms with Crippen molar-refractivity contribution in [2.45, 2.75) is 25.2 Å². The van der Waals surface area contributed by atoms with Crippen molar-refractivity contribution in [2.75, 3.05) is 0 Å². The largest absolute Gasteiger partial charge is 0.456 e. The Labute approximate surface area is 324 Å². The normalized spacial score (nSPS) is 15.4. The number of furan rings is 1. The molecule has 266 valence electrons. The zero-order chi connectivity index (χ0) is 37.0. The highest BCUT2D eigenvalue weighted by atomic mass is 16.3. The molecular weight excluding hydrogens is 685 g/mol. The van der Waals surface area contributed by atoms with Crippen molar-refractivity contribution in [1.29, 1.82) is 0 Å². The minimum absolute atomic E-state index is 0.0782. The fourth-order valence-electron chi connectivity index (χ4n) is 8.48. The summed E-state index contributed by atoms with van der Waals surface area (Å²) in [5, 5.41) is 4.58. The van der Waals surface area contributed by atoms with Crippen molar-refractivity contribution in [1.82, 2.24) is 19.5 Å². The third kappa shape index (κ3) is 5.51. The Morgan fingerprint density at radius 2 is 1.29 bits per heavy atom. The molecule has 11 rings (SSSR count). The number of benzene rings is 6. The quantitative estimate of drug-likeness (QED) is 0.172. The SMILES string of the molecule is C1=CCCC(n2c3ccccc3c3cc(-c4cccc(-c5ccc6oc7cccc(-c8nc(-c9ccccc9)nc(C9C=CC=CC9)n8)c7c6c5)c4)ccc32)=C1. The summed E-state index contributed by atoms with van der Waals surface area (Å²) in [6.45, 7) is 0. The lowest BCUT2D eigenvalue weighted by Crippen LogP contribution is -2.07. The smallest absolute Gasteiger partial charge is 0.164 e. The average Bonchev–Trinajstić information content (AvgIpc) is 3.82. The monoisotopic (exact) mass is 720 g/mol. The summed E-state index contributed by atoms with van der Waals surface area (Å²) in [5.74, 6) is 2.16. The number of para-hydroxylation sites is 1. The second kappa shape index (κ2) is 13.3. The highest BCUT2D eigenvalue weighted by Gasteiger charge is 2.21. The second-order valence-corrected chi connectivity index (χ2v) is 14.6. The van der Waals surface area contributed by atoms with Crippen LogP contribution in [0.15, 0.2) is 180 Å². The van der Waals surface area contributed by atoms with Crippen LogP contribution in [0.3, 0.4) is 0 Å². The zero-order valence-electron chi connectivity index (χ0n) is 30.6. The van der Waals surface area contributed by atoms with Gasteiger partial charge in [-0.2, -0.15) is 0 Å². The van der Waals surface area contributed by atoms with Crippen LogP contribution in [0.25, 0.3) is 94.5 Å². The molecule has 0 bridgehead atoms. The number of nitrogens with zero attached hydrogens (tertiary/aromatic N) is 4. The second-order valence-electron chi connectivity index (χ2n) is 14.6. The van der Waals surface area contributed by atoms with Gasteiger partial charge in [0, 0.05) is 44.3 Å². The Morgan fingerprint density at radius 1 is 0.536 bits per heavy atom. The van der Waals surface area contributed by atoms with E-state index in [2.05, 4.69) is 150 Å². The maximum Gasteiger partial charge on any atom is 0.164 e. The molecule has 9 aromatic rings. The summed E-state index contributed by atoms with van der Waals surface area (Å²) in [5.41, 5.74) is 12.0. The predicted molar refractivity (Wildman–Crippen MR) is 230 cm³/mol. The molecule has 56 heavy (non-hydrogen) atoms. The maximum absolute atomic E-state index is 6.48. The molecule has 0 amide bonds. The van der Waals surface area contributed by atoms with Gasteiger partial charge in [-0.3, -0.25) is 0 Å². The minimum Gasteiger partial charge on any atom is -0.456 e. The molecule has 2 aliphatic carbocycles. The zero-order valence-corrected chi connectivity index (χ0v) is 30.6. The van der Waals surface area contributed by atoms with E-state index in [4.69, 9.17) is 19.4 Å². The van der Waals surface area contributed by atoms with E-state index in [1.807, 2.05) is 30.3 Å². The van der Waals surface area contributed by atoms with Gasteiger partial charge in [0.1, 0.15) is 17.0 Å². The van der Waals surface area contributed by atoms with E-state index in [9.17, 15) is 0 Å².